The summed E-state index contributed by atoms with van der Waals surface area (Å²) in [6.45, 7) is 12.4. The Balaban J connectivity index is 2.14. The molecule has 36 heavy (non-hydrogen) atoms. The van der Waals surface area contributed by atoms with Crippen LogP contribution in [0.3, 0.4) is 0 Å². The zero-order chi connectivity index (χ0) is 27.1. The number of nitrogens with zero attached hydrogens (tertiary/aromatic N) is 3. The van der Waals surface area contributed by atoms with E-state index in [4.69, 9.17) is 19.6 Å². The Morgan fingerprint density at radius 3 is 2.44 bits per heavy atom. The molecule has 0 aliphatic rings. The van der Waals surface area contributed by atoms with E-state index >= 15 is 0 Å². The Kier molecular flexibility index (Phi) is 10.3. The molecule has 0 spiro atoms. The summed E-state index contributed by atoms with van der Waals surface area (Å²) >= 11 is 0. The number of para-hydroxylation sites is 1. The lowest BCUT2D eigenvalue weighted by atomic mass is 10.2. The minimum absolute atomic E-state index is 0.00403. The molecule has 0 unspecified atom stereocenters. The molecule has 0 bridgehead atoms. The molecule has 3 N–H and O–H groups in total. The van der Waals surface area contributed by atoms with Crippen molar-refractivity contribution in [2.24, 2.45) is 0 Å². The Morgan fingerprint density at radius 2 is 1.86 bits per heavy atom. The van der Waals surface area contributed by atoms with Gasteiger partial charge < -0.3 is 24.7 Å². The summed E-state index contributed by atoms with van der Waals surface area (Å²) in [5.74, 6) is 0.00799. The summed E-state index contributed by atoms with van der Waals surface area (Å²) in [7, 11) is -2.05. The van der Waals surface area contributed by atoms with Gasteiger partial charge in [-0.3, -0.25) is 14.7 Å². The Hall–Kier alpha value is -2.64. The van der Waals surface area contributed by atoms with Gasteiger partial charge in [0.05, 0.1) is 36.9 Å². The van der Waals surface area contributed by atoms with Gasteiger partial charge in [0.15, 0.2) is 8.32 Å². The van der Waals surface area contributed by atoms with E-state index in [2.05, 4.69) is 38.8 Å². The van der Waals surface area contributed by atoms with E-state index in [0.717, 1.165) is 0 Å². The van der Waals surface area contributed by atoms with Crippen LogP contribution in [0.4, 0.5) is 11.5 Å². The van der Waals surface area contributed by atoms with Crippen LogP contribution in [0.5, 0.6) is 0 Å². The highest BCUT2D eigenvalue weighted by atomic mass is 28.4. The van der Waals surface area contributed by atoms with E-state index in [1.54, 1.807) is 18.2 Å². The second kappa shape index (κ2) is 12.5. The number of aromatic nitrogens is 2. The molecule has 2 rings (SSSR count). The number of hydrogen-bond acceptors (Lipinski definition) is 9. The number of nitrogens with two attached hydrogens (primary N) is 1. The summed E-state index contributed by atoms with van der Waals surface area (Å²) in [5, 5.41) is 21.1. The number of ether oxygens (including phenoxy) is 2. The topological polar surface area (TPSA) is 152 Å². The number of benzene rings is 1. The van der Waals surface area contributed by atoms with Crippen LogP contribution in [-0.2, 0) is 27.1 Å². The number of nitro benzene ring substituents is 1. The van der Waals surface area contributed by atoms with E-state index in [1.165, 1.54) is 16.8 Å². The Bertz CT molecular complexity index is 1080. The fourth-order valence-corrected chi connectivity index (χ4v) is 4.19. The van der Waals surface area contributed by atoms with E-state index in [0.29, 0.717) is 17.5 Å². The van der Waals surface area contributed by atoms with E-state index in [9.17, 15) is 20.0 Å². The molecular weight excluding hydrogens is 484 g/mol. The van der Waals surface area contributed by atoms with E-state index < -0.39 is 31.3 Å². The first kappa shape index (κ1) is 29.6. The lowest BCUT2D eigenvalue weighted by molar-refractivity contribution is -0.386. The number of aliphatic hydroxyl groups excluding tert-OH is 1. The number of nitrogen functional groups attached to an aromatic ring is 1. The SMILES string of the molecule is CC[C@@H](O[C@H](CO)CO[Si](C)(C)C(C)(C)C)n1cc(COCc2ccccc2[N+](=O)[O-])c(N)nc1=O. The van der Waals surface area contributed by atoms with Gasteiger partial charge in [0.1, 0.15) is 18.1 Å². The second-order valence-electron chi connectivity index (χ2n) is 10.1. The number of hydrogen-bond donors (Lipinski definition) is 2. The third kappa shape index (κ3) is 7.68. The zero-order valence-electron chi connectivity index (χ0n) is 21.9. The third-order valence-corrected chi connectivity index (χ3v) is 10.9. The highest BCUT2D eigenvalue weighted by Gasteiger charge is 2.37. The van der Waals surface area contributed by atoms with Gasteiger partial charge in [0, 0.05) is 17.8 Å². The van der Waals surface area contributed by atoms with Gasteiger partial charge >= 0.3 is 5.69 Å². The Morgan fingerprint density at radius 1 is 1.22 bits per heavy atom. The number of aliphatic hydroxyl groups is 1. The first-order valence-corrected chi connectivity index (χ1v) is 14.8. The van der Waals surface area contributed by atoms with Crippen LogP contribution in [0, 0.1) is 10.1 Å². The van der Waals surface area contributed by atoms with Gasteiger partial charge in [-0.25, -0.2) is 4.79 Å². The van der Waals surface area contributed by atoms with Gasteiger partial charge in [-0.1, -0.05) is 39.8 Å². The maximum atomic E-state index is 12.6. The monoisotopic (exact) mass is 522 g/mol. The van der Waals surface area contributed by atoms with Gasteiger partial charge in [-0.15, -0.1) is 0 Å². The summed E-state index contributed by atoms with van der Waals surface area (Å²) in [5.41, 5.74) is 6.17. The van der Waals surface area contributed by atoms with Gasteiger partial charge in [0.25, 0.3) is 5.69 Å². The van der Waals surface area contributed by atoms with Crippen LogP contribution in [0.25, 0.3) is 0 Å². The van der Waals surface area contributed by atoms with Crippen LogP contribution < -0.4 is 11.4 Å². The van der Waals surface area contributed by atoms with Crippen molar-refractivity contribution in [2.45, 2.75) is 77.8 Å². The van der Waals surface area contributed by atoms with Crippen molar-refractivity contribution in [3.05, 3.63) is 62.2 Å². The molecule has 1 aromatic carbocycles. The standard InChI is InChI=1S/C24H38N4O7Si/c1-7-21(35-19(13-29)16-34-36(5,6)24(2,3)4)27-12-18(22(25)26-23(27)30)15-33-14-17-10-8-9-11-20(17)28(31)32/h8-12,19,21,29H,7,13-16H2,1-6H3,(H2,25,26,30)/t19-,21-/m1/s1. The first-order valence-electron chi connectivity index (χ1n) is 11.9. The molecular formula is C24H38N4O7Si. The summed E-state index contributed by atoms with van der Waals surface area (Å²) in [6, 6.07) is 6.30. The van der Waals surface area contributed by atoms with Crippen LogP contribution in [0.2, 0.25) is 18.1 Å². The zero-order valence-corrected chi connectivity index (χ0v) is 22.9. The lowest BCUT2D eigenvalue weighted by Gasteiger charge is -2.37. The molecule has 2 atom stereocenters. The van der Waals surface area contributed by atoms with Crippen LogP contribution in [-0.4, -0.2) is 47.2 Å². The molecule has 1 aromatic heterocycles. The van der Waals surface area contributed by atoms with E-state index in [1.807, 2.05) is 6.92 Å². The van der Waals surface area contributed by atoms with Crippen LogP contribution >= 0.6 is 0 Å². The van der Waals surface area contributed by atoms with Crippen LogP contribution in [0.1, 0.15) is 51.5 Å². The van der Waals surface area contributed by atoms with Gasteiger partial charge in [0.2, 0.25) is 0 Å². The number of anilines is 1. The Labute approximate surface area is 212 Å². The highest BCUT2D eigenvalue weighted by molar-refractivity contribution is 6.74. The number of nitro groups is 1. The van der Waals surface area contributed by atoms with Crippen molar-refractivity contribution in [1.29, 1.82) is 0 Å². The molecule has 0 amide bonds. The molecule has 200 valence electrons. The van der Waals surface area contributed by atoms with Crippen molar-refractivity contribution in [2.75, 3.05) is 18.9 Å². The van der Waals surface area contributed by atoms with Crippen molar-refractivity contribution in [3.63, 3.8) is 0 Å². The molecule has 0 fully saturated rings. The number of rotatable bonds is 13. The molecule has 2 aromatic rings. The molecule has 0 aliphatic heterocycles. The lowest BCUT2D eigenvalue weighted by Crippen LogP contribution is -2.44. The van der Waals surface area contributed by atoms with Crippen molar-refractivity contribution < 1.29 is 23.9 Å². The highest BCUT2D eigenvalue weighted by Crippen LogP contribution is 2.36. The minimum atomic E-state index is -2.05. The first-order chi connectivity index (χ1) is 16.8. The third-order valence-electron chi connectivity index (χ3n) is 6.41. The molecule has 0 radical (unpaired) electrons. The minimum Gasteiger partial charge on any atom is -0.414 e. The van der Waals surface area contributed by atoms with E-state index in [-0.39, 0.29) is 43.0 Å². The van der Waals surface area contributed by atoms with Crippen LogP contribution in [0.15, 0.2) is 35.3 Å². The molecule has 12 heteroatoms. The molecule has 0 aliphatic carbocycles. The normalized spacial score (nSPS) is 14.0. The average molecular weight is 523 g/mol. The summed E-state index contributed by atoms with van der Waals surface area (Å²) in [6.07, 6.45) is 0.603. The predicted octanol–water partition coefficient (Wildman–Crippen LogP) is 3.76. The molecule has 0 saturated carbocycles. The summed E-state index contributed by atoms with van der Waals surface area (Å²) in [4.78, 5) is 27.2. The maximum Gasteiger partial charge on any atom is 0.351 e. The summed E-state index contributed by atoms with van der Waals surface area (Å²) < 4.78 is 19.2. The maximum absolute atomic E-state index is 12.6. The fourth-order valence-electron chi connectivity index (χ4n) is 3.15. The fraction of sp³-hybridized carbons (Fsp3) is 0.583. The van der Waals surface area contributed by atoms with Gasteiger partial charge in [-0.2, -0.15) is 4.98 Å². The largest absolute Gasteiger partial charge is 0.414 e. The van der Waals surface area contributed by atoms with Crippen molar-refractivity contribution in [1.82, 2.24) is 9.55 Å². The average Bonchev–Trinajstić information content (AvgIpc) is 2.80. The quantitative estimate of drug-likeness (QED) is 0.227. The molecule has 0 saturated heterocycles. The molecule has 1 heterocycles. The predicted molar refractivity (Wildman–Crippen MR) is 139 cm³/mol. The van der Waals surface area contributed by atoms with Crippen molar-refractivity contribution >= 4 is 19.8 Å². The van der Waals surface area contributed by atoms with Crippen molar-refractivity contribution in [3.8, 4) is 0 Å². The molecule has 11 nitrogen and oxygen atoms in total. The smallest absolute Gasteiger partial charge is 0.351 e. The van der Waals surface area contributed by atoms with Gasteiger partial charge in [-0.05, 0) is 30.6 Å². The second-order valence-corrected chi connectivity index (χ2v) is 14.9.